The Balaban J connectivity index is 2.02. The van der Waals surface area contributed by atoms with Crippen LogP contribution in [0.25, 0.3) is 0 Å². The maximum Gasteiger partial charge on any atom is 0.162 e. The zero-order valence-corrected chi connectivity index (χ0v) is 13.2. The Morgan fingerprint density at radius 3 is 3.00 bits per heavy atom. The summed E-state index contributed by atoms with van der Waals surface area (Å²) in [6.07, 6.45) is 1.75. The van der Waals surface area contributed by atoms with Crippen LogP contribution in [0.1, 0.15) is 30.4 Å². The van der Waals surface area contributed by atoms with Gasteiger partial charge in [-0.1, -0.05) is 15.9 Å². The minimum absolute atomic E-state index is 0.0841. The first kappa shape index (κ1) is 13.7. The predicted octanol–water partition coefficient (Wildman–Crippen LogP) is 1.65. The molecular formula is C16H18BrNO3. The fourth-order valence-electron chi connectivity index (χ4n) is 4.88. The third-order valence-corrected chi connectivity index (χ3v) is 6.45. The van der Waals surface area contributed by atoms with Gasteiger partial charge in [0.25, 0.3) is 0 Å². The Bertz CT molecular complexity index is 632. The first-order chi connectivity index (χ1) is 10.1. The van der Waals surface area contributed by atoms with Gasteiger partial charge in [-0.25, -0.2) is 0 Å². The molecule has 3 N–H and O–H groups in total. The molecule has 0 aromatic heterocycles. The minimum atomic E-state index is -1.000. The van der Waals surface area contributed by atoms with Gasteiger partial charge in [-0.05, 0) is 49.4 Å². The van der Waals surface area contributed by atoms with E-state index in [1.165, 1.54) is 0 Å². The number of rotatable bonds is 0. The van der Waals surface area contributed by atoms with Crippen molar-refractivity contribution in [3.8, 4) is 5.75 Å². The summed E-state index contributed by atoms with van der Waals surface area (Å²) in [5.41, 5.74) is 1.23. The first-order valence-electron chi connectivity index (χ1n) is 7.50. The molecule has 2 aliphatic carbocycles. The zero-order valence-electron chi connectivity index (χ0n) is 11.6. The fourth-order valence-corrected chi connectivity index (χ4v) is 5.37. The van der Waals surface area contributed by atoms with E-state index in [9.17, 15) is 15.0 Å². The number of benzene rings is 1. The van der Waals surface area contributed by atoms with Gasteiger partial charge in [0, 0.05) is 27.9 Å². The van der Waals surface area contributed by atoms with Crippen LogP contribution in [-0.4, -0.2) is 34.7 Å². The quantitative estimate of drug-likeness (QED) is 0.664. The van der Waals surface area contributed by atoms with Crippen molar-refractivity contribution in [2.45, 2.75) is 43.2 Å². The molecule has 4 rings (SSSR count). The van der Waals surface area contributed by atoms with Crippen molar-refractivity contribution in [2.75, 3.05) is 6.54 Å². The number of aliphatic hydroxyl groups excluding tert-OH is 1. The number of nitrogens with one attached hydrogen (secondary N) is 1. The molecule has 1 aromatic rings. The summed E-state index contributed by atoms with van der Waals surface area (Å²) in [5.74, 6) is 0.345. The number of carbonyl (C=O) groups is 1. The predicted molar refractivity (Wildman–Crippen MR) is 81.3 cm³/mol. The third kappa shape index (κ3) is 1.65. The number of halogens is 1. The number of hydrogen-bond acceptors (Lipinski definition) is 4. The molecule has 112 valence electrons. The van der Waals surface area contributed by atoms with Crippen molar-refractivity contribution in [1.29, 1.82) is 0 Å². The summed E-state index contributed by atoms with van der Waals surface area (Å²) in [6.45, 7) is 0.775. The largest absolute Gasteiger partial charge is 0.508 e. The Hall–Kier alpha value is -0.910. The van der Waals surface area contributed by atoms with E-state index in [4.69, 9.17) is 0 Å². The summed E-state index contributed by atoms with van der Waals surface area (Å²) in [7, 11) is 0. The molecule has 0 radical (unpaired) electrons. The van der Waals surface area contributed by atoms with E-state index >= 15 is 0 Å². The van der Waals surface area contributed by atoms with Crippen molar-refractivity contribution < 1.29 is 15.0 Å². The van der Waals surface area contributed by atoms with Crippen LogP contribution < -0.4 is 5.32 Å². The van der Waals surface area contributed by atoms with Crippen molar-refractivity contribution in [1.82, 2.24) is 5.32 Å². The topological polar surface area (TPSA) is 69.6 Å². The smallest absolute Gasteiger partial charge is 0.162 e. The Morgan fingerprint density at radius 2 is 2.19 bits per heavy atom. The molecule has 1 aromatic carbocycles. The number of fused-ring (bicyclic) bond motifs is 1. The second-order valence-electron chi connectivity index (χ2n) is 6.49. The molecule has 3 aliphatic rings. The summed E-state index contributed by atoms with van der Waals surface area (Å²) >= 11 is 3.57. The standard InChI is InChI=1S/C16H18BrNO3/c17-10-2-4-12(19)14-8(10)7-11-9-1-3-13(20)15(21)16(9,14)5-6-18-11/h2,4,9,11,15,18-19,21H,1,3,5-7H2. The lowest BCUT2D eigenvalue weighted by molar-refractivity contribution is -0.141. The number of ketones is 1. The van der Waals surface area contributed by atoms with E-state index in [-0.39, 0.29) is 23.5 Å². The molecule has 5 heteroatoms. The molecule has 4 nitrogen and oxygen atoms in total. The summed E-state index contributed by atoms with van der Waals surface area (Å²) in [6, 6.07) is 3.79. The summed E-state index contributed by atoms with van der Waals surface area (Å²) in [4.78, 5) is 12.2. The van der Waals surface area contributed by atoms with Crippen LogP contribution in [0.5, 0.6) is 5.75 Å². The maximum absolute atomic E-state index is 12.2. The maximum atomic E-state index is 12.2. The number of phenolic OH excluding ortho intramolecular Hbond substituents is 1. The van der Waals surface area contributed by atoms with Crippen LogP contribution in [-0.2, 0) is 16.6 Å². The minimum Gasteiger partial charge on any atom is -0.508 e. The van der Waals surface area contributed by atoms with Gasteiger partial charge in [0.1, 0.15) is 11.9 Å². The second kappa shape index (κ2) is 4.54. The molecule has 2 fully saturated rings. The number of piperidine rings is 1. The van der Waals surface area contributed by atoms with E-state index in [0.717, 1.165) is 35.0 Å². The molecule has 1 saturated carbocycles. The van der Waals surface area contributed by atoms with Gasteiger partial charge >= 0.3 is 0 Å². The van der Waals surface area contributed by atoms with E-state index in [1.54, 1.807) is 6.07 Å². The van der Waals surface area contributed by atoms with Crippen LogP contribution in [0, 0.1) is 5.92 Å². The number of hydrogen-bond donors (Lipinski definition) is 3. The first-order valence-corrected chi connectivity index (χ1v) is 8.30. The summed E-state index contributed by atoms with van der Waals surface area (Å²) < 4.78 is 0.951. The molecule has 0 amide bonds. The van der Waals surface area contributed by atoms with Gasteiger partial charge in [0.2, 0.25) is 0 Å². The molecule has 1 saturated heterocycles. The Kier molecular flexibility index (Phi) is 2.97. The van der Waals surface area contributed by atoms with Gasteiger partial charge in [-0.15, -0.1) is 0 Å². The molecule has 4 atom stereocenters. The number of Topliss-reactive ketones (excluding diaryl/α,β-unsaturated/α-hetero) is 1. The van der Waals surface area contributed by atoms with Crippen LogP contribution in [0.2, 0.25) is 0 Å². The lowest BCUT2D eigenvalue weighted by atomic mass is 9.51. The van der Waals surface area contributed by atoms with Crippen LogP contribution in [0.3, 0.4) is 0 Å². The highest BCUT2D eigenvalue weighted by Crippen LogP contribution is 2.56. The van der Waals surface area contributed by atoms with Crippen molar-refractivity contribution in [3.63, 3.8) is 0 Å². The van der Waals surface area contributed by atoms with Gasteiger partial charge < -0.3 is 15.5 Å². The van der Waals surface area contributed by atoms with Gasteiger partial charge in [0.05, 0.1) is 0 Å². The van der Waals surface area contributed by atoms with Gasteiger partial charge in [-0.2, -0.15) is 0 Å². The lowest BCUT2D eigenvalue weighted by Gasteiger charge is -2.57. The highest BCUT2D eigenvalue weighted by atomic mass is 79.9. The van der Waals surface area contributed by atoms with E-state index in [0.29, 0.717) is 12.8 Å². The van der Waals surface area contributed by atoms with Crippen molar-refractivity contribution in [2.24, 2.45) is 5.92 Å². The number of carbonyl (C=O) groups excluding carboxylic acids is 1. The van der Waals surface area contributed by atoms with Crippen molar-refractivity contribution in [3.05, 3.63) is 27.7 Å². The molecule has 1 aliphatic heterocycles. The van der Waals surface area contributed by atoms with Crippen LogP contribution >= 0.6 is 15.9 Å². The van der Waals surface area contributed by atoms with Gasteiger partial charge in [0.15, 0.2) is 5.78 Å². The third-order valence-electron chi connectivity index (χ3n) is 5.71. The molecule has 0 spiro atoms. The van der Waals surface area contributed by atoms with Crippen molar-refractivity contribution >= 4 is 21.7 Å². The molecule has 2 bridgehead atoms. The number of phenols is 1. The lowest BCUT2D eigenvalue weighted by Crippen LogP contribution is -2.66. The SMILES string of the molecule is O=C1CCC2C3Cc4c(Br)ccc(O)c4C2(CCN3)C1O. The highest BCUT2D eigenvalue weighted by Gasteiger charge is 2.59. The van der Waals surface area contributed by atoms with E-state index in [2.05, 4.69) is 21.2 Å². The zero-order chi connectivity index (χ0) is 14.8. The molecule has 4 unspecified atom stereocenters. The second-order valence-corrected chi connectivity index (χ2v) is 7.34. The van der Waals surface area contributed by atoms with E-state index < -0.39 is 11.5 Å². The normalized spacial score (nSPS) is 37.8. The molecular weight excluding hydrogens is 334 g/mol. The Labute approximate surface area is 131 Å². The summed E-state index contributed by atoms with van der Waals surface area (Å²) in [5, 5.41) is 24.7. The average Bonchev–Trinajstić information content (AvgIpc) is 2.46. The number of aromatic hydroxyl groups is 1. The van der Waals surface area contributed by atoms with Crippen LogP contribution in [0.4, 0.5) is 0 Å². The molecule has 1 heterocycles. The highest BCUT2D eigenvalue weighted by molar-refractivity contribution is 9.10. The monoisotopic (exact) mass is 351 g/mol. The average molecular weight is 352 g/mol. The fraction of sp³-hybridized carbons (Fsp3) is 0.562. The van der Waals surface area contributed by atoms with Gasteiger partial charge in [-0.3, -0.25) is 4.79 Å². The van der Waals surface area contributed by atoms with E-state index in [1.807, 2.05) is 6.07 Å². The van der Waals surface area contributed by atoms with Crippen LogP contribution in [0.15, 0.2) is 16.6 Å². The molecule has 21 heavy (non-hydrogen) atoms. The number of aliphatic hydroxyl groups is 1. The Morgan fingerprint density at radius 1 is 1.38 bits per heavy atom.